The fourth-order valence-electron chi connectivity index (χ4n) is 2.33. The lowest BCUT2D eigenvalue weighted by Gasteiger charge is -2.34. The molecule has 1 aromatic carbocycles. The van der Waals surface area contributed by atoms with Crippen LogP contribution in [0.5, 0.6) is 0 Å². The number of benzene rings is 1. The van der Waals surface area contributed by atoms with Gasteiger partial charge in [-0.1, -0.05) is 0 Å². The predicted octanol–water partition coefficient (Wildman–Crippen LogP) is 2.81. The van der Waals surface area contributed by atoms with E-state index < -0.39 is 23.5 Å². The van der Waals surface area contributed by atoms with Crippen molar-refractivity contribution in [2.75, 3.05) is 26.2 Å². The van der Waals surface area contributed by atoms with Crippen LogP contribution in [0.3, 0.4) is 0 Å². The molecular weight excluding hydrogens is 326 g/mol. The van der Waals surface area contributed by atoms with E-state index in [-0.39, 0.29) is 36.8 Å². The van der Waals surface area contributed by atoms with Crippen molar-refractivity contribution in [3.63, 3.8) is 0 Å². The lowest BCUT2D eigenvalue weighted by Crippen LogP contribution is -2.45. The molecule has 0 amide bonds. The summed E-state index contributed by atoms with van der Waals surface area (Å²) in [7, 11) is 0. The summed E-state index contributed by atoms with van der Waals surface area (Å²) >= 11 is 0. The summed E-state index contributed by atoms with van der Waals surface area (Å²) in [4.78, 5) is 1.87. The zero-order valence-electron chi connectivity index (χ0n) is 11.1. The summed E-state index contributed by atoms with van der Waals surface area (Å²) in [5.74, 6) is -3.11. The zero-order valence-corrected chi connectivity index (χ0v) is 12.7. The van der Waals surface area contributed by atoms with Crippen LogP contribution in [-0.4, -0.2) is 31.1 Å². The molecule has 21 heavy (non-hydrogen) atoms. The minimum atomic E-state index is -1.21. The largest absolute Gasteiger partial charge is 0.314 e. The minimum absolute atomic E-state index is 0. The molecule has 2 rings (SSSR count). The Labute approximate surface area is 133 Å². The fraction of sp³-hybridized carbons (Fsp3) is 0.462. The number of hydrogen-bond acceptors (Lipinski definition) is 3. The highest BCUT2D eigenvalue weighted by molar-refractivity contribution is 5.85. The van der Waals surface area contributed by atoms with Crippen molar-refractivity contribution in [3.05, 3.63) is 35.1 Å². The molecule has 1 heterocycles. The van der Waals surface area contributed by atoms with Gasteiger partial charge in [-0.3, -0.25) is 4.90 Å². The Kier molecular flexibility index (Phi) is 8.67. The van der Waals surface area contributed by atoms with Crippen molar-refractivity contribution in [3.8, 4) is 6.07 Å². The molecule has 118 valence electrons. The highest BCUT2D eigenvalue weighted by atomic mass is 35.5. The van der Waals surface area contributed by atoms with Gasteiger partial charge in [-0.05, 0) is 6.07 Å². The maximum atomic E-state index is 13.8. The molecule has 0 aromatic heterocycles. The Bertz CT molecular complexity index is 502. The van der Waals surface area contributed by atoms with Gasteiger partial charge in [0.25, 0.3) is 0 Å². The fourth-order valence-corrected chi connectivity index (χ4v) is 2.33. The first-order valence-corrected chi connectivity index (χ1v) is 6.09. The van der Waals surface area contributed by atoms with E-state index in [9.17, 15) is 13.2 Å². The molecule has 0 radical (unpaired) electrons. The van der Waals surface area contributed by atoms with Gasteiger partial charge in [0.1, 0.15) is 5.82 Å². The maximum Gasteiger partial charge on any atom is 0.163 e. The van der Waals surface area contributed by atoms with Crippen molar-refractivity contribution in [1.29, 1.82) is 5.26 Å². The Balaban J connectivity index is 0.00000200. The van der Waals surface area contributed by atoms with Gasteiger partial charge in [0.2, 0.25) is 0 Å². The molecule has 1 aliphatic rings. The van der Waals surface area contributed by atoms with E-state index in [1.807, 2.05) is 11.0 Å². The van der Waals surface area contributed by atoms with Gasteiger partial charge >= 0.3 is 0 Å². The van der Waals surface area contributed by atoms with Gasteiger partial charge in [0, 0.05) is 37.8 Å². The average Bonchev–Trinajstić information content (AvgIpc) is 2.41. The summed E-state index contributed by atoms with van der Waals surface area (Å²) < 4.78 is 40.4. The molecule has 0 unspecified atom stereocenters. The third kappa shape index (κ3) is 4.75. The first-order chi connectivity index (χ1) is 9.13. The minimum Gasteiger partial charge on any atom is -0.314 e. The van der Waals surface area contributed by atoms with E-state index in [1.165, 1.54) is 0 Å². The van der Waals surface area contributed by atoms with Crippen LogP contribution in [0.15, 0.2) is 12.1 Å². The summed E-state index contributed by atoms with van der Waals surface area (Å²) in [5, 5.41) is 12.0. The number of nitriles is 1. The molecule has 3 nitrogen and oxygen atoms in total. The second-order valence-corrected chi connectivity index (χ2v) is 4.45. The van der Waals surface area contributed by atoms with Crippen LogP contribution in [0.4, 0.5) is 13.2 Å². The molecule has 1 saturated heterocycles. The average molecular weight is 342 g/mol. The Hall–Kier alpha value is -1.00. The van der Waals surface area contributed by atoms with E-state index in [4.69, 9.17) is 5.26 Å². The molecule has 1 aliphatic heterocycles. The van der Waals surface area contributed by atoms with Gasteiger partial charge in [-0.25, -0.2) is 13.2 Å². The van der Waals surface area contributed by atoms with E-state index in [1.54, 1.807) is 0 Å². The van der Waals surface area contributed by atoms with E-state index in [0.717, 1.165) is 6.07 Å². The molecule has 1 N–H and O–H groups in total. The number of halogens is 5. The molecule has 0 bridgehead atoms. The van der Waals surface area contributed by atoms with Crippen LogP contribution in [0, 0.1) is 28.8 Å². The molecular formula is C13H16Cl2F3N3. The third-order valence-corrected chi connectivity index (χ3v) is 3.26. The predicted molar refractivity (Wildman–Crippen MR) is 78.2 cm³/mol. The second-order valence-electron chi connectivity index (χ2n) is 4.45. The molecule has 0 saturated carbocycles. The quantitative estimate of drug-likeness (QED) is 0.859. The number of hydrogen-bond donors (Lipinski definition) is 1. The monoisotopic (exact) mass is 341 g/mol. The number of rotatable bonds is 3. The van der Waals surface area contributed by atoms with Gasteiger partial charge in [0.15, 0.2) is 11.6 Å². The van der Waals surface area contributed by atoms with Crippen LogP contribution in [0.1, 0.15) is 18.0 Å². The van der Waals surface area contributed by atoms with Crippen molar-refractivity contribution in [2.45, 2.75) is 12.5 Å². The van der Waals surface area contributed by atoms with Gasteiger partial charge in [-0.2, -0.15) is 5.26 Å². The van der Waals surface area contributed by atoms with Crippen LogP contribution < -0.4 is 5.32 Å². The van der Waals surface area contributed by atoms with Crippen LogP contribution in [0.25, 0.3) is 0 Å². The Morgan fingerprint density at radius 2 is 1.81 bits per heavy atom. The van der Waals surface area contributed by atoms with Crippen molar-refractivity contribution < 1.29 is 13.2 Å². The van der Waals surface area contributed by atoms with E-state index >= 15 is 0 Å². The summed E-state index contributed by atoms with van der Waals surface area (Å²) in [6.07, 6.45) is -0.000185. The summed E-state index contributed by atoms with van der Waals surface area (Å²) in [5.41, 5.74) is -0.0825. The van der Waals surface area contributed by atoms with Crippen molar-refractivity contribution >= 4 is 24.8 Å². The number of nitrogens with zero attached hydrogens (tertiary/aromatic N) is 2. The number of nitrogens with one attached hydrogen (secondary N) is 1. The third-order valence-electron chi connectivity index (χ3n) is 3.26. The molecule has 0 spiro atoms. The van der Waals surface area contributed by atoms with E-state index in [0.29, 0.717) is 32.2 Å². The smallest absolute Gasteiger partial charge is 0.163 e. The standard InChI is InChI=1S/C13H14F3N3.2ClH/c14-9-7-10(13(16)11(15)8-9)12(1-2-17)19-5-3-18-4-6-19;;/h7-8,12,18H,1,3-6H2;2*1H/t12-;;/m1../s1. The Morgan fingerprint density at radius 1 is 1.19 bits per heavy atom. The second kappa shape index (κ2) is 9.11. The van der Waals surface area contributed by atoms with Crippen LogP contribution in [0.2, 0.25) is 0 Å². The number of piperazine rings is 1. The van der Waals surface area contributed by atoms with Crippen molar-refractivity contribution in [1.82, 2.24) is 10.2 Å². The van der Waals surface area contributed by atoms with Crippen LogP contribution in [-0.2, 0) is 0 Å². The zero-order chi connectivity index (χ0) is 13.8. The first kappa shape index (κ1) is 20.0. The summed E-state index contributed by atoms with van der Waals surface area (Å²) in [6.45, 7) is 2.65. The van der Waals surface area contributed by atoms with Gasteiger partial charge in [0.05, 0.1) is 18.5 Å². The summed E-state index contributed by atoms with van der Waals surface area (Å²) in [6, 6.07) is 2.83. The highest BCUT2D eigenvalue weighted by Gasteiger charge is 2.26. The van der Waals surface area contributed by atoms with Crippen LogP contribution >= 0.6 is 24.8 Å². The molecule has 1 atom stereocenters. The molecule has 0 aliphatic carbocycles. The van der Waals surface area contributed by atoms with E-state index in [2.05, 4.69) is 5.32 Å². The van der Waals surface area contributed by atoms with Crippen molar-refractivity contribution in [2.24, 2.45) is 0 Å². The SMILES string of the molecule is Cl.Cl.N#CC[C@H](c1cc(F)cc(F)c1F)N1CCNCC1. The lowest BCUT2D eigenvalue weighted by atomic mass is 10.0. The molecule has 8 heteroatoms. The molecule has 1 aromatic rings. The maximum absolute atomic E-state index is 13.8. The highest BCUT2D eigenvalue weighted by Crippen LogP contribution is 2.28. The normalized spacial score (nSPS) is 16.3. The lowest BCUT2D eigenvalue weighted by molar-refractivity contribution is 0.171. The first-order valence-electron chi connectivity index (χ1n) is 6.09. The topological polar surface area (TPSA) is 39.1 Å². The Morgan fingerprint density at radius 3 is 2.38 bits per heavy atom. The molecule has 1 fully saturated rings. The van der Waals surface area contributed by atoms with Gasteiger partial charge < -0.3 is 5.32 Å². The van der Waals surface area contributed by atoms with Gasteiger partial charge in [-0.15, -0.1) is 24.8 Å².